The Morgan fingerprint density at radius 3 is 2.72 bits per heavy atom. The topological polar surface area (TPSA) is 89.8 Å². The number of hydrogen-bond donors (Lipinski definition) is 1. The molecular weight excluding hydrogens is 346 g/mol. The Balaban J connectivity index is 2.33. The third-order valence-electron chi connectivity index (χ3n) is 1.94. The van der Waals surface area contributed by atoms with Gasteiger partial charge in [-0.15, -0.1) is 5.10 Å². The molecule has 0 saturated heterocycles. The first kappa shape index (κ1) is 13.2. The minimum absolute atomic E-state index is 0.0474. The lowest BCUT2D eigenvalue weighted by Crippen LogP contribution is -2.14. The highest BCUT2D eigenvalue weighted by Crippen LogP contribution is 2.25. The van der Waals surface area contributed by atoms with Gasteiger partial charge in [0.15, 0.2) is 0 Å². The molecule has 0 atom stereocenters. The van der Waals surface area contributed by atoms with Gasteiger partial charge in [-0.05, 0) is 39.3 Å². The van der Waals surface area contributed by atoms with E-state index in [2.05, 4.69) is 36.1 Å². The molecule has 1 heterocycles. The van der Waals surface area contributed by atoms with Crippen LogP contribution in [-0.4, -0.2) is 28.6 Å². The Morgan fingerprint density at radius 2 is 2.17 bits per heavy atom. The van der Waals surface area contributed by atoms with Crippen molar-refractivity contribution < 1.29 is 8.42 Å². The van der Waals surface area contributed by atoms with E-state index in [4.69, 9.17) is 11.6 Å². The molecule has 1 aromatic carbocycles. The first-order valence-corrected chi connectivity index (χ1v) is 7.26. The molecule has 96 valence electrons. The summed E-state index contributed by atoms with van der Waals surface area (Å²) in [5.41, 5.74) is 0. The molecule has 1 aromatic heterocycles. The summed E-state index contributed by atoms with van der Waals surface area (Å²) in [4.78, 5) is 1.20. The molecule has 18 heavy (non-hydrogen) atoms. The number of hydrogen-bond acceptors (Lipinski definition) is 5. The lowest BCUT2D eigenvalue weighted by atomic mass is 10.4. The highest BCUT2D eigenvalue weighted by atomic mass is 79.9. The summed E-state index contributed by atoms with van der Waals surface area (Å²) in [5.74, 6) is -0.0939. The molecule has 0 fully saturated rings. The van der Waals surface area contributed by atoms with E-state index in [-0.39, 0.29) is 10.8 Å². The molecule has 7 nitrogen and oxygen atoms in total. The molecule has 0 amide bonds. The second-order valence-corrected chi connectivity index (χ2v) is 6.23. The fourth-order valence-electron chi connectivity index (χ4n) is 1.15. The van der Waals surface area contributed by atoms with Crippen LogP contribution in [0.25, 0.3) is 0 Å². The van der Waals surface area contributed by atoms with Gasteiger partial charge in [0.2, 0.25) is 0 Å². The summed E-state index contributed by atoms with van der Waals surface area (Å²) in [5, 5.41) is 11.2. The van der Waals surface area contributed by atoms with Crippen LogP contribution < -0.4 is 4.72 Å². The lowest BCUT2D eigenvalue weighted by molar-refractivity contribution is 0.600. The van der Waals surface area contributed by atoms with Crippen molar-refractivity contribution in [3.05, 3.63) is 27.7 Å². The second-order valence-electron chi connectivity index (χ2n) is 3.28. The van der Waals surface area contributed by atoms with Crippen molar-refractivity contribution in [3.63, 3.8) is 0 Å². The highest BCUT2D eigenvalue weighted by Gasteiger charge is 2.17. The van der Waals surface area contributed by atoms with Gasteiger partial charge in [0.1, 0.15) is 0 Å². The quantitative estimate of drug-likeness (QED) is 0.902. The third kappa shape index (κ3) is 2.79. The number of aryl methyl sites for hydroxylation is 1. The number of halogens is 2. The number of rotatable bonds is 3. The van der Waals surface area contributed by atoms with Gasteiger partial charge in [0.25, 0.3) is 16.0 Å². The highest BCUT2D eigenvalue weighted by molar-refractivity contribution is 9.10. The van der Waals surface area contributed by atoms with Gasteiger partial charge in [-0.1, -0.05) is 16.7 Å². The molecule has 0 spiro atoms. The Hall–Kier alpha value is -1.19. The Bertz CT molecular complexity index is 687. The van der Waals surface area contributed by atoms with Crippen molar-refractivity contribution in [2.75, 3.05) is 4.72 Å². The summed E-state index contributed by atoms with van der Waals surface area (Å²) in [6.45, 7) is 0. The van der Waals surface area contributed by atoms with E-state index < -0.39 is 10.0 Å². The van der Waals surface area contributed by atoms with Crippen LogP contribution in [0.1, 0.15) is 0 Å². The number of nitrogens with one attached hydrogen (secondary N) is 1. The maximum Gasteiger partial charge on any atom is 0.277 e. The minimum atomic E-state index is -3.76. The van der Waals surface area contributed by atoms with Gasteiger partial charge >= 0.3 is 0 Å². The van der Waals surface area contributed by atoms with Crippen LogP contribution in [0.4, 0.5) is 5.95 Å². The molecule has 2 aromatic rings. The van der Waals surface area contributed by atoms with Crippen molar-refractivity contribution >= 4 is 43.5 Å². The Kier molecular flexibility index (Phi) is 3.55. The van der Waals surface area contributed by atoms with E-state index in [1.54, 1.807) is 0 Å². The maximum atomic E-state index is 12.0. The average Bonchev–Trinajstić information content (AvgIpc) is 2.67. The van der Waals surface area contributed by atoms with E-state index in [1.807, 2.05) is 0 Å². The first-order chi connectivity index (χ1) is 8.38. The fraction of sp³-hybridized carbons (Fsp3) is 0.125. The van der Waals surface area contributed by atoms with Crippen LogP contribution in [0.3, 0.4) is 0 Å². The second kappa shape index (κ2) is 4.82. The monoisotopic (exact) mass is 351 g/mol. The normalized spacial score (nSPS) is 11.5. The molecule has 0 aliphatic rings. The van der Waals surface area contributed by atoms with Gasteiger partial charge < -0.3 is 0 Å². The van der Waals surface area contributed by atoms with Crippen LogP contribution in [0, 0.1) is 0 Å². The van der Waals surface area contributed by atoms with Crippen LogP contribution in [0.2, 0.25) is 5.02 Å². The van der Waals surface area contributed by atoms with Crippen LogP contribution in [0.5, 0.6) is 0 Å². The number of benzene rings is 1. The minimum Gasteiger partial charge on any atom is -0.245 e. The number of nitrogens with zero attached hydrogens (tertiary/aromatic N) is 4. The lowest BCUT2D eigenvalue weighted by Gasteiger charge is -2.05. The van der Waals surface area contributed by atoms with Gasteiger partial charge in [-0.25, -0.2) is 13.1 Å². The standard InChI is InChI=1S/C8H7BrClN5O2S/c1-15-12-8(11-14-15)13-18(16,17)5-2-3-7(10)6(9)4-5/h2-4H,1H3,(H,12,13). The van der Waals surface area contributed by atoms with E-state index in [0.29, 0.717) is 9.50 Å². The van der Waals surface area contributed by atoms with E-state index in [1.165, 1.54) is 25.2 Å². The van der Waals surface area contributed by atoms with E-state index in [9.17, 15) is 8.42 Å². The smallest absolute Gasteiger partial charge is 0.245 e. The number of aromatic nitrogens is 4. The van der Waals surface area contributed by atoms with Crippen molar-refractivity contribution in [1.82, 2.24) is 20.2 Å². The number of sulfonamides is 1. The number of anilines is 1. The summed E-state index contributed by atoms with van der Waals surface area (Å²) < 4.78 is 26.7. The molecule has 0 radical (unpaired) electrons. The molecule has 0 aliphatic heterocycles. The summed E-state index contributed by atoms with van der Waals surface area (Å²) in [6.07, 6.45) is 0. The maximum absolute atomic E-state index is 12.0. The zero-order valence-corrected chi connectivity index (χ0v) is 12.2. The number of tetrazole rings is 1. The van der Waals surface area contributed by atoms with Crippen LogP contribution in [0.15, 0.2) is 27.6 Å². The predicted octanol–water partition coefficient (Wildman–Crippen LogP) is 1.43. The predicted molar refractivity (Wildman–Crippen MR) is 68.8 cm³/mol. The molecule has 0 saturated carbocycles. The van der Waals surface area contributed by atoms with Crippen molar-refractivity contribution in [3.8, 4) is 0 Å². The SMILES string of the molecule is Cn1nnc(NS(=O)(=O)c2ccc(Cl)c(Br)c2)n1. The summed E-state index contributed by atoms with van der Waals surface area (Å²) >= 11 is 8.95. The van der Waals surface area contributed by atoms with Crippen LogP contribution in [-0.2, 0) is 17.1 Å². The molecule has 2 rings (SSSR count). The molecule has 10 heteroatoms. The Labute approximate surface area is 116 Å². The van der Waals surface area contributed by atoms with Gasteiger partial charge in [-0.3, -0.25) is 0 Å². The molecular formula is C8H7BrClN5O2S. The summed E-state index contributed by atoms with van der Waals surface area (Å²) in [6, 6.07) is 4.25. The molecule has 0 bridgehead atoms. The van der Waals surface area contributed by atoms with Crippen LogP contribution >= 0.6 is 27.5 Å². The van der Waals surface area contributed by atoms with E-state index >= 15 is 0 Å². The van der Waals surface area contributed by atoms with Gasteiger partial charge in [0.05, 0.1) is 17.0 Å². The van der Waals surface area contributed by atoms with Crippen molar-refractivity contribution in [1.29, 1.82) is 0 Å². The van der Waals surface area contributed by atoms with Gasteiger partial charge in [0, 0.05) is 4.47 Å². The molecule has 1 N–H and O–H groups in total. The fourth-order valence-corrected chi connectivity index (χ4v) is 2.76. The summed E-state index contributed by atoms with van der Waals surface area (Å²) in [7, 11) is -2.22. The Morgan fingerprint density at radius 1 is 1.44 bits per heavy atom. The largest absolute Gasteiger partial charge is 0.277 e. The first-order valence-electron chi connectivity index (χ1n) is 4.60. The van der Waals surface area contributed by atoms with Crippen molar-refractivity contribution in [2.45, 2.75) is 4.90 Å². The van der Waals surface area contributed by atoms with E-state index in [0.717, 1.165) is 4.80 Å². The van der Waals surface area contributed by atoms with Crippen molar-refractivity contribution in [2.24, 2.45) is 7.05 Å². The van der Waals surface area contributed by atoms with Gasteiger partial charge in [-0.2, -0.15) is 4.80 Å². The third-order valence-corrected chi connectivity index (χ3v) is 4.48. The zero-order chi connectivity index (χ0) is 13.3. The molecule has 0 aliphatic carbocycles. The zero-order valence-electron chi connectivity index (χ0n) is 9.00. The average molecular weight is 353 g/mol. The molecule has 0 unspecified atom stereocenters.